The van der Waals surface area contributed by atoms with Gasteiger partial charge in [-0.2, -0.15) is 0 Å². The lowest BCUT2D eigenvalue weighted by Crippen LogP contribution is -2.42. The summed E-state index contributed by atoms with van der Waals surface area (Å²) >= 11 is 0. The van der Waals surface area contributed by atoms with Gasteiger partial charge in [-0.1, -0.05) is 36.4 Å². The van der Waals surface area contributed by atoms with Crippen LogP contribution in [0.4, 0.5) is 4.79 Å². The minimum atomic E-state index is -0.528. The van der Waals surface area contributed by atoms with E-state index in [-0.39, 0.29) is 6.04 Å². The number of amides is 1. The van der Waals surface area contributed by atoms with Crippen LogP contribution >= 0.6 is 0 Å². The van der Waals surface area contributed by atoms with E-state index in [1.54, 1.807) is 0 Å². The third-order valence-electron chi connectivity index (χ3n) is 3.99. The summed E-state index contributed by atoms with van der Waals surface area (Å²) in [6, 6.07) is 14.8. The molecule has 0 aliphatic carbocycles. The highest BCUT2D eigenvalue weighted by molar-refractivity contribution is 5.95. The van der Waals surface area contributed by atoms with Crippen molar-refractivity contribution in [2.75, 3.05) is 13.6 Å². The summed E-state index contributed by atoms with van der Waals surface area (Å²) in [5, 5.41) is 5.16. The Labute approximate surface area is 142 Å². The minimum Gasteiger partial charge on any atom is -0.444 e. The van der Waals surface area contributed by atoms with Gasteiger partial charge in [0.2, 0.25) is 5.96 Å². The van der Waals surface area contributed by atoms with E-state index < -0.39 is 11.7 Å². The van der Waals surface area contributed by atoms with Gasteiger partial charge in [-0.25, -0.2) is 4.79 Å². The van der Waals surface area contributed by atoms with Crippen LogP contribution in [-0.2, 0) is 4.74 Å². The molecule has 0 saturated heterocycles. The highest BCUT2D eigenvalue weighted by Gasteiger charge is 2.28. The van der Waals surface area contributed by atoms with Crippen molar-refractivity contribution >= 4 is 22.8 Å². The zero-order chi connectivity index (χ0) is 17.3. The van der Waals surface area contributed by atoms with Crippen LogP contribution in [0, 0.1) is 0 Å². The van der Waals surface area contributed by atoms with E-state index in [0.717, 1.165) is 0 Å². The van der Waals surface area contributed by atoms with Crippen LogP contribution in [0.3, 0.4) is 0 Å². The van der Waals surface area contributed by atoms with Crippen molar-refractivity contribution in [1.29, 1.82) is 0 Å². The summed E-state index contributed by atoms with van der Waals surface area (Å²) in [5.41, 5.74) is 0.653. The molecule has 1 atom stereocenters. The number of rotatable bonds is 1. The Morgan fingerprint density at radius 2 is 1.92 bits per heavy atom. The van der Waals surface area contributed by atoms with E-state index in [9.17, 15) is 4.79 Å². The number of likely N-dealkylation sites (N-methyl/N-ethyl adjacent to an activating group) is 1. The van der Waals surface area contributed by atoms with Crippen LogP contribution in [0.2, 0.25) is 0 Å². The average Bonchev–Trinajstić information content (AvgIpc) is 2.86. The molecule has 2 aromatic carbocycles. The van der Waals surface area contributed by atoms with E-state index in [0.29, 0.717) is 12.5 Å². The number of hydrogen-bond donors (Lipinski definition) is 1. The molecule has 1 aliphatic heterocycles. The molecule has 24 heavy (non-hydrogen) atoms. The number of alkyl carbamates (subject to hydrolysis) is 1. The number of nitrogens with zero attached hydrogens (tertiary/aromatic N) is 2. The first kappa shape index (κ1) is 16.3. The molecule has 1 amide bonds. The van der Waals surface area contributed by atoms with Gasteiger partial charge < -0.3 is 9.64 Å². The summed E-state index contributed by atoms with van der Waals surface area (Å²) in [4.78, 5) is 18.4. The first-order chi connectivity index (χ1) is 11.3. The molecule has 0 fully saturated rings. The quantitative estimate of drug-likeness (QED) is 0.869. The lowest BCUT2D eigenvalue weighted by atomic mass is 10.0. The summed E-state index contributed by atoms with van der Waals surface area (Å²) in [6.45, 7) is 6.12. The van der Waals surface area contributed by atoms with Gasteiger partial charge >= 0.3 is 6.09 Å². The number of guanidine groups is 1. The molecular weight excluding hydrogens is 302 g/mol. The van der Waals surface area contributed by atoms with Gasteiger partial charge in [-0.05, 0) is 43.2 Å². The number of nitrogens with one attached hydrogen (secondary N) is 1. The van der Waals surface area contributed by atoms with E-state index in [4.69, 9.17) is 4.74 Å². The van der Waals surface area contributed by atoms with Crippen LogP contribution in [0.25, 0.3) is 10.8 Å². The molecule has 1 unspecified atom stereocenters. The summed E-state index contributed by atoms with van der Waals surface area (Å²) in [7, 11) is 1.93. The predicted molar refractivity (Wildman–Crippen MR) is 96.1 cm³/mol. The third-order valence-corrected chi connectivity index (χ3v) is 3.99. The number of aliphatic imine (C=N–C) groups is 1. The van der Waals surface area contributed by atoms with Crippen LogP contribution in [0.5, 0.6) is 0 Å². The molecule has 1 aliphatic rings. The Bertz CT molecular complexity index is 793. The van der Waals surface area contributed by atoms with Crippen molar-refractivity contribution in [3.63, 3.8) is 0 Å². The zero-order valence-electron chi connectivity index (χ0n) is 14.5. The van der Waals surface area contributed by atoms with E-state index in [1.807, 2.05) is 44.9 Å². The summed E-state index contributed by atoms with van der Waals surface area (Å²) < 4.78 is 5.29. The van der Waals surface area contributed by atoms with Crippen LogP contribution < -0.4 is 5.32 Å². The number of carbonyl (C=O) groups excluding carboxylic acids is 1. The van der Waals surface area contributed by atoms with Crippen molar-refractivity contribution in [3.8, 4) is 0 Å². The molecule has 1 N–H and O–H groups in total. The average molecular weight is 325 g/mol. The summed E-state index contributed by atoms with van der Waals surface area (Å²) in [5.74, 6) is 0.544. The molecule has 5 nitrogen and oxygen atoms in total. The van der Waals surface area contributed by atoms with Gasteiger partial charge in [-0.15, -0.1) is 0 Å². The highest BCUT2D eigenvalue weighted by Crippen LogP contribution is 2.27. The topological polar surface area (TPSA) is 53.9 Å². The molecule has 5 heteroatoms. The van der Waals surface area contributed by atoms with Crippen molar-refractivity contribution in [1.82, 2.24) is 10.2 Å². The Hall–Kier alpha value is -2.56. The molecule has 0 aromatic heterocycles. The van der Waals surface area contributed by atoms with Gasteiger partial charge in [0, 0.05) is 7.05 Å². The fourth-order valence-electron chi connectivity index (χ4n) is 2.82. The Balaban J connectivity index is 1.72. The fourth-order valence-corrected chi connectivity index (χ4v) is 2.82. The van der Waals surface area contributed by atoms with Gasteiger partial charge in [0.25, 0.3) is 0 Å². The molecule has 0 bridgehead atoms. The van der Waals surface area contributed by atoms with Gasteiger partial charge in [0.05, 0.1) is 12.6 Å². The molecule has 2 aromatic rings. The predicted octanol–water partition coefficient (Wildman–Crippen LogP) is 3.71. The number of fused-ring (bicyclic) bond motifs is 1. The van der Waals surface area contributed by atoms with Gasteiger partial charge in [0.1, 0.15) is 5.60 Å². The smallest absolute Gasteiger partial charge is 0.414 e. The molecule has 0 saturated carbocycles. The SMILES string of the molecule is CN1C(NC(=O)OC(C)(C)C)=NCC1c1ccc2ccccc2c1. The molecule has 126 valence electrons. The largest absolute Gasteiger partial charge is 0.444 e. The van der Waals surface area contributed by atoms with Crippen molar-refractivity contribution in [2.45, 2.75) is 32.4 Å². The van der Waals surface area contributed by atoms with E-state index >= 15 is 0 Å². The zero-order valence-corrected chi connectivity index (χ0v) is 14.5. The molecular formula is C19H23N3O2. The maximum Gasteiger partial charge on any atom is 0.414 e. The molecule has 3 rings (SSSR count). The monoisotopic (exact) mass is 325 g/mol. The normalized spacial score (nSPS) is 17.8. The number of hydrogen-bond acceptors (Lipinski definition) is 4. The summed E-state index contributed by atoms with van der Waals surface area (Å²) in [6.07, 6.45) is -0.479. The maximum atomic E-state index is 11.9. The maximum absolute atomic E-state index is 11.9. The van der Waals surface area contributed by atoms with Gasteiger partial charge in [0.15, 0.2) is 0 Å². The van der Waals surface area contributed by atoms with Gasteiger partial charge in [-0.3, -0.25) is 10.3 Å². The Morgan fingerprint density at radius 1 is 1.21 bits per heavy atom. The molecule has 1 heterocycles. The van der Waals surface area contributed by atoms with Crippen LogP contribution in [0.15, 0.2) is 47.5 Å². The minimum absolute atomic E-state index is 0.111. The fraction of sp³-hybridized carbons (Fsp3) is 0.368. The van der Waals surface area contributed by atoms with E-state index in [2.05, 4.69) is 40.6 Å². The number of carbonyl (C=O) groups is 1. The number of benzene rings is 2. The van der Waals surface area contributed by atoms with Crippen molar-refractivity contribution in [3.05, 3.63) is 48.0 Å². The van der Waals surface area contributed by atoms with Crippen LogP contribution in [0.1, 0.15) is 32.4 Å². The lowest BCUT2D eigenvalue weighted by molar-refractivity contribution is 0.0557. The second kappa shape index (κ2) is 6.15. The third kappa shape index (κ3) is 3.50. The second-order valence-corrected chi connectivity index (χ2v) is 7.02. The van der Waals surface area contributed by atoms with Crippen molar-refractivity contribution < 1.29 is 9.53 Å². The number of ether oxygens (including phenoxy) is 1. The first-order valence-corrected chi connectivity index (χ1v) is 8.09. The highest BCUT2D eigenvalue weighted by atomic mass is 16.6. The van der Waals surface area contributed by atoms with Crippen molar-refractivity contribution in [2.24, 2.45) is 4.99 Å². The Morgan fingerprint density at radius 3 is 2.62 bits per heavy atom. The second-order valence-electron chi connectivity index (χ2n) is 7.02. The lowest BCUT2D eigenvalue weighted by Gasteiger charge is -2.25. The Kier molecular flexibility index (Phi) is 4.18. The molecule has 0 spiro atoms. The van der Waals surface area contributed by atoms with Crippen LogP contribution in [-0.4, -0.2) is 36.1 Å². The van der Waals surface area contributed by atoms with E-state index in [1.165, 1.54) is 16.3 Å². The standard InChI is InChI=1S/C19H23N3O2/c1-19(2,3)24-18(23)21-17-20-12-16(22(17)4)15-10-9-13-7-5-6-8-14(13)11-15/h5-11,16H,12H2,1-4H3,(H,20,21,23). The molecule has 0 radical (unpaired) electrons. The first-order valence-electron chi connectivity index (χ1n) is 8.09.